The van der Waals surface area contributed by atoms with Gasteiger partial charge in [0.2, 0.25) is 5.91 Å². The molecule has 1 aliphatic carbocycles. The van der Waals surface area contributed by atoms with Crippen molar-refractivity contribution in [3.63, 3.8) is 0 Å². The lowest BCUT2D eigenvalue weighted by Gasteiger charge is -2.25. The van der Waals surface area contributed by atoms with Crippen molar-refractivity contribution in [1.29, 1.82) is 0 Å². The molecule has 0 radical (unpaired) electrons. The summed E-state index contributed by atoms with van der Waals surface area (Å²) in [6.45, 7) is 1.87. The van der Waals surface area contributed by atoms with Crippen LogP contribution in [0.2, 0.25) is 0 Å². The van der Waals surface area contributed by atoms with Gasteiger partial charge in [-0.05, 0) is 69.0 Å². The Hall–Kier alpha value is -5.12. The molecule has 1 fully saturated rings. The standard InChI is InChI=1S/C31H29N7O3/c1-18-25(15-16-26(34-18)37-30(39)20-9-11-21(12-10-20)31(40)41)38-28(22-8-5-17-33-27(22)32)36-24-14-13-23(35-29(24)38)19-6-3-2-4-7-19/h2-8,13-17,20-21H,9-12H2,1H3,(H2,32,33)(H,40,41)(H,34,37,39). The second-order valence-electron chi connectivity index (χ2n) is 10.3. The Kier molecular flexibility index (Phi) is 6.88. The summed E-state index contributed by atoms with van der Waals surface area (Å²) in [5.41, 5.74) is 11.5. The molecule has 206 valence electrons. The number of pyridine rings is 3. The molecule has 6 rings (SSSR count). The van der Waals surface area contributed by atoms with Crippen molar-refractivity contribution in [3.8, 4) is 28.3 Å². The lowest BCUT2D eigenvalue weighted by atomic mass is 9.81. The number of nitrogens with one attached hydrogen (secondary N) is 1. The van der Waals surface area contributed by atoms with Gasteiger partial charge >= 0.3 is 5.97 Å². The molecule has 4 aromatic heterocycles. The predicted octanol–water partition coefficient (Wildman–Crippen LogP) is 5.26. The molecule has 4 N–H and O–H groups in total. The van der Waals surface area contributed by atoms with Crippen LogP contribution >= 0.6 is 0 Å². The maximum atomic E-state index is 12.9. The minimum absolute atomic E-state index is 0.139. The fourth-order valence-corrected chi connectivity index (χ4v) is 5.43. The number of carbonyl (C=O) groups is 2. The topological polar surface area (TPSA) is 149 Å². The van der Waals surface area contributed by atoms with E-state index in [1.165, 1.54) is 0 Å². The number of aryl methyl sites for hydroxylation is 1. The number of nitrogens with two attached hydrogens (primary N) is 1. The monoisotopic (exact) mass is 547 g/mol. The van der Waals surface area contributed by atoms with Crippen molar-refractivity contribution in [2.24, 2.45) is 11.8 Å². The normalized spacial score (nSPS) is 16.9. The number of anilines is 2. The Morgan fingerprint density at radius 2 is 1.66 bits per heavy atom. The number of carbonyl (C=O) groups excluding carboxylic acids is 1. The summed E-state index contributed by atoms with van der Waals surface area (Å²) in [4.78, 5) is 43.1. The van der Waals surface area contributed by atoms with Crippen molar-refractivity contribution < 1.29 is 14.7 Å². The molecule has 1 saturated carbocycles. The number of nitrogens with zero attached hydrogens (tertiary/aromatic N) is 5. The first-order valence-corrected chi connectivity index (χ1v) is 13.6. The number of benzene rings is 1. The van der Waals surface area contributed by atoms with Crippen LogP contribution in [0, 0.1) is 18.8 Å². The fraction of sp³-hybridized carbons (Fsp3) is 0.226. The van der Waals surface area contributed by atoms with E-state index in [0.717, 1.165) is 16.9 Å². The average Bonchev–Trinajstić information content (AvgIpc) is 3.36. The van der Waals surface area contributed by atoms with Crippen molar-refractivity contribution in [3.05, 3.63) is 78.6 Å². The first-order valence-electron chi connectivity index (χ1n) is 13.6. The molecule has 0 bridgehead atoms. The van der Waals surface area contributed by atoms with E-state index >= 15 is 0 Å². The van der Waals surface area contributed by atoms with Gasteiger partial charge in [0.1, 0.15) is 17.2 Å². The van der Waals surface area contributed by atoms with Gasteiger partial charge in [-0.2, -0.15) is 0 Å². The van der Waals surface area contributed by atoms with Crippen LogP contribution in [0.5, 0.6) is 0 Å². The zero-order valence-electron chi connectivity index (χ0n) is 22.5. The second-order valence-corrected chi connectivity index (χ2v) is 10.3. The number of amides is 1. The second kappa shape index (κ2) is 10.8. The lowest BCUT2D eigenvalue weighted by molar-refractivity contribution is -0.143. The molecular weight excluding hydrogens is 518 g/mol. The molecule has 0 aliphatic heterocycles. The lowest BCUT2D eigenvalue weighted by Crippen LogP contribution is -2.29. The third-order valence-corrected chi connectivity index (χ3v) is 7.65. The van der Waals surface area contributed by atoms with Crippen molar-refractivity contribution >= 4 is 34.7 Å². The van der Waals surface area contributed by atoms with Gasteiger partial charge in [-0.15, -0.1) is 0 Å². The van der Waals surface area contributed by atoms with E-state index in [-0.39, 0.29) is 17.7 Å². The molecule has 0 atom stereocenters. The first-order chi connectivity index (χ1) is 19.9. The van der Waals surface area contributed by atoms with Crippen LogP contribution in [-0.4, -0.2) is 41.5 Å². The number of carboxylic acids is 1. The van der Waals surface area contributed by atoms with Crippen LogP contribution in [0.1, 0.15) is 31.4 Å². The molecule has 5 aromatic rings. The highest BCUT2D eigenvalue weighted by molar-refractivity contribution is 5.92. The van der Waals surface area contributed by atoms with Gasteiger partial charge in [0, 0.05) is 17.7 Å². The molecule has 4 heterocycles. The minimum atomic E-state index is -0.790. The van der Waals surface area contributed by atoms with Gasteiger partial charge in [-0.1, -0.05) is 30.3 Å². The summed E-state index contributed by atoms with van der Waals surface area (Å²) >= 11 is 0. The SMILES string of the molecule is Cc1nc(NC(=O)C2CCC(C(=O)O)CC2)ccc1-n1c(-c2cccnc2N)nc2ccc(-c3ccccc3)nc21. The maximum Gasteiger partial charge on any atom is 0.306 e. The molecule has 41 heavy (non-hydrogen) atoms. The number of hydrogen-bond acceptors (Lipinski definition) is 7. The fourth-order valence-electron chi connectivity index (χ4n) is 5.43. The average molecular weight is 548 g/mol. The van der Waals surface area contributed by atoms with Crippen molar-refractivity contribution in [2.75, 3.05) is 11.1 Å². The van der Waals surface area contributed by atoms with E-state index in [0.29, 0.717) is 65.6 Å². The number of rotatable bonds is 6. The summed E-state index contributed by atoms with van der Waals surface area (Å²) in [5, 5.41) is 12.2. The van der Waals surface area contributed by atoms with Gasteiger partial charge in [0.25, 0.3) is 0 Å². The van der Waals surface area contributed by atoms with Crippen LogP contribution in [-0.2, 0) is 9.59 Å². The Labute approximate surface area is 236 Å². The van der Waals surface area contributed by atoms with E-state index in [2.05, 4.69) is 10.3 Å². The zero-order chi connectivity index (χ0) is 28.5. The molecule has 1 aromatic carbocycles. The largest absolute Gasteiger partial charge is 0.481 e. The summed E-state index contributed by atoms with van der Waals surface area (Å²) in [7, 11) is 0. The van der Waals surface area contributed by atoms with Crippen molar-refractivity contribution in [1.82, 2.24) is 24.5 Å². The molecule has 1 amide bonds. The van der Waals surface area contributed by atoms with Gasteiger partial charge < -0.3 is 16.2 Å². The quantitative estimate of drug-likeness (QED) is 0.260. The number of imidazole rings is 1. The Bertz CT molecular complexity index is 1760. The number of hydrogen-bond donors (Lipinski definition) is 3. The van der Waals surface area contributed by atoms with Gasteiger partial charge in [0.05, 0.1) is 28.6 Å². The first kappa shape index (κ1) is 26.1. The molecule has 10 heteroatoms. The van der Waals surface area contributed by atoms with Gasteiger partial charge in [0.15, 0.2) is 11.5 Å². The van der Waals surface area contributed by atoms with Crippen LogP contribution in [0.4, 0.5) is 11.6 Å². The Balaban J connectivity index is 1.38. The van der Waals surface area contributed by atoms with E-state index < -0.39 is 5.97 Å². The van der Waals surface area contributed by atoms with Crippen LogP contribution in [0.3, 0.4) is 0 Å². The zero-order valence-corrected chi connectivity index (χ0v) is 22.5. The minimum Gasteiger partial charge on any atom is -0.481 e. The van der Waals surface area contributed by atoms with Crippen LogP contribution in [0.15, 0.2) is 72.9 Å². The molecule has 0 saturated heterocycles. The number of aromatic nitrogens is 5. The number of carboxylic acid groups (broad SMARTS) is 1. The summed E-state index contributed by atoms with van der Waals surface area (Å²) in [6, 6.07) is 21.1. The number of fused-ring (bicyclic) bond motifs is 1. The molecule has 0 unspecified atom stereocenters. The molecule has 0 spiro atoms. The van der Waals surface area contributed by atoms with Crippen LogP contribution in [0.25, 0.3) is 39.5 Å². The van der Waals surface area contributed by atoms with E-state index in [4.69, 9.17) is 20.7 Å². The summed E-state index contributed by atoms with van der Waals surface area (Å²) in [5.74, 6) is -0.171. The van der Waals surface area contributed by atoms with Gasteiger partial charge in [-0.25, -0.2) is 19.9 Å². The molecule has 10 nitrogen and oxygen atoms in total. The van der Waals surface area contributed by atoms with Crippen molar-refractivity contribution in [2.45, 2.75) is 32.6 Å². The van der Waals surface area contributed by atoms with Gasteiger partial charge in [-0.3, -0.25) is 14.2 Å². The van der Waals surface area contributed by atoms with E-state index in [9.17, 15) is 14.7 Å². The highest BCUT2D eigenvalue weighted by Gasteiger charge is 2.30. The predicted molar refractivity (Wildman–Crippen MR) is 156 cm³/mol. The number of aliphatic carboxylic acids is 1. The Morgan fingerprint density at radius 3 is 2.37 bits per heavy atom. The van der Waals surface area contributed by atoms with E-state index in [1.54, 1.807) is 12.3 Å². The number of nitrogen functional groups attached to an aromatic ring is 1. The van der Waals surface area contributed by atoms with E-state index in [1.807, 2.05) is 72.2 Å². The Morgan fingerprint density at radius 1 is 0.902 bits per heavy atom. The summed E-state index contributed by atoms with van der Waals surface area (Å²) < 4.78 is 1.93. The smallest absolute Gasteiger partial charge is 0.306 e. The summed E-state index contributed by atoms with van der Waals surface area (Å²) in [6.07, 6.45) is 3.74. The highest BCUT2D eigenvalue weighted by Crippen LogP contribution is 2.33. The third kappa shape index (κ3) is 5.11. The van der Waals surface area contributed by atoms with Crippen LogP contribution < -0.4 is 11.1 Å². The molecule has 1 aliphatic rings. The highest BCUT2D eigenvalue weighted by atomic mass is 16.4. The maximum absolute atomic E-state index is 12.9. The molecular formula is C31H29N7O3. The third-order valence-electron chi connectivity index (χ3n) is 7.65.